The second kappa shape index (κ2) is 3.48. The summed E-state index contributed by atoms with van der Waals surface area (Å²) in [6.45, 7) is 0.900. The molecule has 0 saturated carbocycles. The Morgan fingerprint density at radius 2 is 2.50 bits per heavy atom. The Morgan fingerprint density at radius 1 is 1.50 bits per heavy atom. The lowest BCUT2D eigenvalue weighted by Crippen LogP contribution is -2.09. The van der Waals surface area contributed by atoms with Gasteiger partial charge in [-0.3, -0.25) is 9.98 Å². The Morgan fingerprint density at radius 3 is 3.17 bits per heavy atom. The lowest BCUT2D eigenvalue weighted by atomic mass is 9.97. The van der Waals surface area contributed by atoms with E-state index in [2.05, 4.69) is 16.0 Å². The van der Waals surface area contributed by atoms with Gasteiger partial charge in [0.1, 0.15) is 0 Å². The van der Waals surface area contributed by atoms with Gasteiger partial charge in [-0.2, -0.15) is 0 Å². The summed E-state index contributed by atoms with van der Waals surface area (Å²) in [5.41, 5.74) is 1.16. The zero-order valence-corrected chi connectivity index (χ0v) is 6.90. The standard InChI is InChI=1S/C10H11N2/c1-2-7-12-10(5-1)9-4-3-6-11-8-9/h1,5-7,9H,3-4,8H2. The van der Waals surface area contributed by atoms with Gasteiger partial charge < -0.3 is 0 Å². The van der Waals surface area contributed by atoms with Crippen LogP contribution in [0.15, 0.2) is 23.3 Å². The van der Waals surface area contributed by atoms with Crippen molar-refractivity contribution in [1.82, 2.24) is 4.98 Å². The molecular weight excluding hydrogens is 148 g/mol. The topological polar surface area (TPSA) is 25.2 Å². The summed E-state index contributed by atoms with van der Waals surface area (Å²) in [7, 11) is 0. The van der Waals surface area contributed by atoms with Crippen molar-refractivity contribution in [2.24, 2.45) is 4.99 Å². The number of rotatable bonds is 1. The summed E-state index contributed by atoms with van der Waals surface area (Å²) in [4.78, 5) is 8.53. The number of aromatic nitrogens is 1. The van der Waals surface area contributed by atoms with Crippen LogP contribution in [0, 0.1) is 6.07 Å². The second-order valence-corrected chi connectivity index (χ2v) is 3.01. The predicted octanol–water partition coefficient (Wildman–Crippen LogP) is 1.83. The molecule has 0 spiro atoms. The third-order valence-corrected chi connectivity index (χ3v) is 2.16. The fourth-order valence-corrected chi connectivity index (χ4v) is 1.47. The Bertz CT molecular complexity index is 266. The van der Waals surface area contributed by atoms with E-state index in [1.54, 1.807) is 6.20 Å². The van der Waals surface area contributed by atoms with Crippen LogP contribution in [0.4, 0.5) is 0 Å². The molecule has 1 unspecified atom stereocenters. The van der Waals surface area contributed by atoms with Gasteiger partial charge in [0, 0.05) is 30.4 Å². The Labute approximate surface area is 72.4 Å². The van der Waals surface area contributed by atoms with Gasteiger partial charge in [0.2, 0.25) is 0 Å². The first-order valence-electron chi connectivity index (χ1n) is 4.27. The lowest BCUT2D eigenvalue weighted by molar-refractivity contribution is 0.617. The SMILES string of the molecule is [c]1ccc(C2CCC=NC2)nc1. The van der Waals surface area contributed by atoms with Crippen LogP contribution in [-0.4, -0.2) is 17.7 Å². The van der Waals surface area contributed by atoms with Crippen LogP contribution in [0.1, 0.15) is 24.5 Å². The van der Waals surface area contributed by atoms with Crippen LogP contribution in [0.5, 0.6) is 0 Å². The van der Waals surface area contributed by atoms with E-state index in [-0.39, 0.29) is 0 Å². The van der Waals surface area contributed by atoms with Gasteiger partial charge >= 0.3 is 0 Å². The average Bonchev–Trinajstić information content (AvgIpc) is 2.21. The highest BCUT2D eigenvalue weighted by Gasteiger charge is 2.13. The van der Waals surface area contributed by atoms with Crippen LogP contribution < -0.4 is 0 Å². The summed E-state index contributed by atoms with van der Waals surface area (Å²) in [6, 6.07) is 6.87. The number of nitrogens with zero attached hydrogens (tertiary/aromatic N) is 2. The summed E-state index contributed by atoms with van der Waals surface area (Å²) in [5.74, 6) is 0.532. The van der Waals surface area contributed by atoms with Crippen molar-refractivity contribution in [2.75, 3.05) is 6.54 Å². The monoisotopic (exact) mass is 159 g/mol. The first kappa shape index (κ1) is 7.47. The molecule has 0 saturated heterocycles. The second-order valence-electron chi connectivity index (χ2n) is 3.01. The van der Waals surface area contributed by atoms with E-state index in [0.29, 0.717) is 5.92 Å². The lowest BCUT2D eigenvalue weighted by Gasteiger charge is -2.15. The minimum absolute atomic E-state index is 0.532. The predicted molar refractivity (Wildman–Crippen MR) is 48.4 cm³/mol. The van der Waals surface area contributed by atoms with Crippen molar-refractivity contribution < 1.29 is 0 Å². The first-order valence-corrected chi connectivity index (χ1v) is 4.27. The zero-order valence-electron chi connectivity index (χ0n) is 6.90. The molecule has 1 aromatic rings. The first-order chi connectivity index (χ1) is 5.97. The van der Waals surface area contributed by atoms with E-state index < -0.39 is 0 Å². The van der Waals surface area contributed by atoms with Crippen molar-refractivity contribution >= 4 is 6.21 Å². The largest absolute Gasteiger partial charge is 0.297 e. The molecule has 2 rings (SSSR count). The van der Waals surface area contributed by atoms with Crippen molar-refractivity contribution in [1.29, 1.82) is 0 Å². The van der Waals surface area contributed by atoms with Crippen molar-refractivity contribution in [2.45, 2.75) is 18.8 Å². The molecule has 0 aromatic carbocycles. The summed E-state index contributed by atoms with van der Waals surface area (Å²) >= 11 is 0. The van der Waals surface area contributed by atoms with Gasteiger partial charge in [-0.25, -0.2) is 0 Å². The summed E-state index contributed by atoms with van der Waals surface area (Å²) in [5, 5.41) is 0. The minimum atomic E-state index is 0.532. The summed E-state index contributed by atoms with van der Waals surface area (Å²) in [6.07, 6.45) is 6.00. The Balaban J connectivity index is 2.15. The summed E-state index contributed by atoms with van der Waals surface area (Å²) < 4.78 is 0. The van der Waals surface area contributed by atoms with Gasteiger partial charge in [-0.15, -0.1) is 0 Å². The molecule has 1 atom stereocenters. The molecule has 1 aliphatic rings. The van der Waals surface area contributed by atoms with Crippen LogP contribution in [0.2, 0.25) is 0 Å². The molecular formula is C10H11N2. The number of pyridine rings is 1. The molecule has 0 aliphatic carbocycles. The van der Waals surface area contributed by atoms with E-state index in [9.17, 15) is 0 Å². The third-order valence-electron chi connectivity index (χ3n) is 2.16. The third kappa shape index (κ3) is 1.52. The molecule has 2 heteroatoms. The molecule has 0 amide bonds. The van der Waals surface area contributed by atoms with E-state index >= 15 is 0 Å². The molecule has 2 heterocycles. The number of aliphatic imine (C=N–C) groups is 1. The quantitative estimate of drug-likeness (QED) is 0.613. The normalized spacial score (nSPS) is 22.5. The van der Waals surface area contributed by atoms with Gasteiger partial charge in [0.15, 0.2) is 0 Å². The van der Waals surface area contributed by atoms with Crippen LogP contribution in [0.3, 0.4) is 0 Å². The van der Waals surface area contributed by atoms with Gasteiger partial charge in [0.25, 0.3) is 0 Å². The minimum Gasteiger partial charge on any atom is -0.297 e. The molecule has 1 aromatic heterocycles. The molecule has 1 aliphatic heterocycles. The molecule has 2 nitrogen and oxygen atoms in total. The maximum absolute atomic E-state index is 4.27. The fourth-order valence-electron chi connectivity index (χ4n) is 1.47. The van der Waals surface area contributed by atoms with Crippen molar-refractivity contribution in [3.63, 3.8) is 0 Å². The molecule has 61 valence electrons. The fraction of sp³-hybridized carbons (Fsp3) is 0.400. The molecule has 0 N–H and O–H groups in total. The van der Waals surface area contributed by atoms with Gasteiger partial charge in [0.05, 0.1) is 0 Å². The highest BCUT2D eigenvalue weighted by molar-refractivity contribution is 5.58. The van der Waals surface area contributed by atoms with Crippen molar-refractivity contribution in [3.05, 3.63) is 30.1 Å². The number of hydrogen-bond donors (Lipinski definition) is 0. The van der Waals surface area contributed by atoms with Crippen LogP contribution in [0.25, 0.3) is 0 Å². The van der Waals surface area contributed by atoms with E-state index in [4.69, 9.17) is 0 Å². The highest BCUT2D eigenvalue weighted by atomic mass is 14.8. The smallest absolute Gasteiger partial charge is 0.0469 e. The van der Waals surface area contributed by atoms with E-state index in [1.165, 1.54) is 6.42 Å². The maximum Gasteiger partial charge on any atom is 0.0469 e. The Kier molecular flexibility index (Phi) is 2.16. The number of hydrogen-bond acceptors (Lipinski definition) is 2. The Hall–Kier alpha value is -1.18. The molecule has 12 heavy (non-hydrogen) atoms. The van der Waals surface area contributed by atoms with E-state index in [0.717, 1.165) is 18.7 Å². The van der Waals surface area contributed by atoms with E-state index in [1.807, 2.05) is 18.3 Å². The van der Waals surface area contributed by atoms with Crippen LogP contribution >= 0.6 is 0 Å². The van der Waals surface area contributed by atoms with Crippen LogP contribution in [-0.2, 0) is 0 Å². The van der Waals surface area contributed by atoms with Gasteiger partial charge in [-0.05, 0) is 25.1 Å². The highest BCUT2D eigenvalue weighted by Crippen LogP contribution is 2.21. The average molecular weight is 159 g/mol. The van der Waals surface area contributed by atoms with Gasteiger partial charge in [-0.1, -0.05) is 6.07 Å². The zero-order chi connectivity index (χ0) is 8.23. The van der Waals surface area contributed by atoms with Crippen molar-refractivity contribution in [3.8, 4) is 0 Å². The maximum atomic E-state index is 4.27. The molecule has 0 fully saturated rings. The molecule has 0 bridgehead atoms. The molecule has 1 radical (unpaired) electrons.